The van der Waals surface area contributed by atoms with Crippen LogP contribution in [0.5, 0.6) is 17.2 Å². The predicted octanol–water partition coefficient (Wildman–Crippen LogP) is 3.12. The fourth-order valence-electron chi connectivity index (χ4n) is 3.37. The third-order valence-electron chi connectivity index (χ3n) is 4.62. The second kappa shape index (κ2) is 6.30. The summed E-state index contributed by atoms with van der Waals surface area (Å²) in [5, 5.41) is 20.0. The Morgan fingerprint density at radius 1 is 1.15 bits per heavy atom. The molecule has 1 aliphatic rings. The summed E-state index contributed by atoms with van der Waals surface area (Å²) in [6, 6.07) is 9.59. The van der Waals surface area contributed by atoms with Gasteiger partial charge in [-0.25, -0.2) is 0 Å². The average Bonchev–Trinajstić information content (AvgIpc) is 2.90. The quantitative estimate of drug-likeness (QED) is 0.490. The number of aromatic hydroxyl groups is 2. The number of ether oxygens (including phenoxy) is 2. The molecule has 1 aliphatic carbocycles. The van der Waals surface area contributed by atoms with Gasteiger partial charge < -0.3 is 19.7 Å². The number of carbonyl (C=O) groups is 2. The summed E-state index contributed by atoms with van der Waals surface area (Å²) in [5.41, 5.74) is -1.09. The van der Waals surface area contributed by atoms with Gasteiger partial charge in [0.2, 0.25) is 5.75 Å². The standard InChI is InChI=1S/C21H22O6/c1-20(2,3)27-19(25)21(11-12-7-5-6-8-14(12)18(21)24)13-9-15(22)17(23)16(10-13)26-4/h5-10,22-23H,11H2,1-4H3. The zero-order chi connectivity index (χ0) is 20.0. The van der Waals surface area contributed by atoms with Crippen molar-refractivity contribution in [2.24, 2.45) is 0 Å². The van der Waals surface area contributed by atoms with Gasteiger partial charge in [-0.2, -0.15) is 0 Å². The lowest BCUT2D eigenvalue weighted by Crippen LogP contribution is -2.46. The molecule has 6 nitrogen and oxygen atoms in total. The van der Waals surface area contributed by atoms with E-state index < -0.39 is 34.3 Å². The third-order valence-corrected chi connectivity index (χ3v) is 4.62. The van der Waals surface area contributed by atoms with Gasteiger partial charge in [0.15, 0.2) is 22.7 Å². The van der Waals surface area contributed by atoms with E-state index in [0.717, 1.165) is 5.56 Å². The minimum absolute atomic E-state index is 0.0308. The highest BCUT2D eigenvalue weighted by atomic mass is 16.6. The maximum absolute atomic E-state index is 13.4. The van der Waals surface area contributed by atoms with Gasteiger partial charge >= 0.3 is 5.97 Å². The Labute approximate surface area is 157 Å². The van der Waals surface area contributed by atoms with E-state index in [1.54, 1.807) is 45.0 Å². The highest BCUT2D eigenvalue weighted by molar-refractivity contribution is 6.20. The minimum Gasteiger partial charge on any atom is -0.504 e. The summed E-state index contributed by atoms with van der Waals surface area (Å²) in [6.45, 7) is 5.17. The number of phenolic OH excluding ortho intramolecular Hbond substituents is 2. The Kier molecular flexibility index (Phi) is 4.38. The van der Waals surface area contributed by atoms with E-state index in [1.807, 2.05) is 0 Å². The highest BCUT2D eigenvalue weighted by Gasteiger charge is 2.55. The van der Waals surface area contributed by atoms with Crippen LogP contribution >= 0.6 is 0 Å². The number of benzene rings is 2. The van der Waals surface area contributed by atoms with Gasteiger partial charge in [-0.15, -0.1) is 0 Å². The number of carbonyl (C=O) groups excluding carboxylic acids is 2. The first-order chi connectivity index (χ1) is 12.6. The van der Waals surface area contributed by atoms with Crippen molar-refractivity contribution < 1.29 is 29.3 Å². The summed E-state index contributed by atoms with van der Waals surface area (Å²) in [4.78, 5) is 26.6. The van der Waals surface area contributed by atoms with Gasteiger partial charge in [0.05, 0.1) is 7.11 Å². The van der Waals surface area contributed by atoms with Crippen molar-refractivity contribution in [3.05, 3.63) is 53.1 Å². The number of ketones is 1. The summed E-state index contributed by atoms with van der Waals surface area (Å²) < 4.78 is 10.7. The third kappa shape index (κ3) is 3.01. The van der Waals surface area contributed by atoms with Gasteiger partial charge in [0.25, 0.3) is 0 Å². The van der Waals surface area contributed by atoms with E-state index in [-0.39, 0.29) is 17.7 Å². The van der Waals surface area contributed by atoms with Crippen LogP contribution in [0.4, 0.5) is 0 Å². The van der Waals surface area contributed by atoms with Crippen LogP contribution in [-0.2, 0) is 21.4 Å². The molecule has 3 rings (SSSR count). The molecular formula is C21H22O6. The van der Waals surface area contributed by atoms with Gasteiger partial charge in [-0.3, -0.25) is 9.59 Å². The van der Waals surface area contributed by atoms with Crippen molar-refractivity contribution in [1.82, 2.24) is 0 Å². The molecule has 0 heterocycles. The molecule has 6 heteroatoms. The number of fused-ring (bicyclic) bond motifs is 1. The Morgan fingerprint density at radius 2 is 1.81 bits per heavy atom. The fraction of sp³-hybridized carbons (Fsp3) is 0.333. The molecule has 2 N–H and O–H groups in total. The number of Topliss-reactive ketones (excluding diaryl/α,β-unsaturated/α-hetero) is 1. The summed E-state index contributed by atoms with van der Waals surface area (Å²) in [7, 11) is 1.32. The van der Waals surface area contributed by atoms with Gasteiger partial charge in [-0.05, 0) is 44.0 Å². The first-order valence-electron chi connectivity index (χ1n) is 8.57. The van der Waals surface area contributed by atoms with Crippen molar-refractivity contribution in [2.75, 3.05) is 7.11 Å². The predicted molar refractivity (Wildman–Crippen MR) is 98.3 cm³/mol. The Bertz CT molecular complexity index is 925. The largest absolute Gasteiger partial charge is 0.504 e. The van der Waals surface area contributed by atoms with Crippen molar-refractivity contribution in [3.63, 3.8) is 0 Å². The van der Waals surface area contributed by atoms with Crippen LogP contribution in [-0.4, -0.2) is 34.7 Å². The Balaban J connectivity index is 2.24. The molecular weight excluding hydrogens is 348 g/mol. The molecule has 1 atom stereocenters. The summed E-state index contributed by atoms with van der Waals surface area (Å²) in [6.07, 6.45) is 0.101. The number of rotatable bonds is 3. The van der Waals surface area contributed by atoms with Gasteiger partial charge in [0, 0.05) is 12.0 Å². The number of phenols is 2. The molecule has 0 fully saturated rings. The van der Waals surface area contributed by atoms with Gasteiger partial charge in [0.1, 0.15) is 5.60 Å². The zero-order valence-corrected chi connectivity index (χ0v) is 15.7. The molecule has 2 aromatic carbocycles. The molecule has 0 aromatic heterocycles. The molecule has 0 saturated carbocycles. The number of esters is 1. The SMILES string of the molecule is COc1cc(C2(C(=O)OC(C)(C)C)Cc3ccccc3C2=O)cc(O)c1O. The highest BCUT2D eigenvalue weighted by Crippen LogP contribution is 2.46. The molecule has 2 aromatic rings. The fourth-order valence-corrected chi connectivity index (χ4v) is 3.37. The molecule has 0 saturated heterocycles. The van der Waals surface area contributed by atoms with Crippen molar-refractivity contribution in [3.8, 4) is 17.2 Å². The molecule has 0 amide bonds. The molecule has 142 valence electrons. The lowest BCUT2D eigenvalue weighted by Gasteiger charge is -2.30. The number of hydrogen-bond donors (Lipinski definition) is 2. The second-order valence-electron chi connectivity index (χ2n) is 7.62. The summed E-state index contributed by atoms with van der Waals surface area (Å²) >= 11 is 0. The van der Waals surface area contributed by atoms with Crippen LogP contribution in [0.1, 0.15) is 42.3 Å². The molecule has 0 radical (unpaired) electrons. The smallest absolute Gasteiger partial charge is 0.325 e. The van der Waals surface area contributed by atoms with E-state index in [2.05, 4.69) is 0 Å². The van der Waals surface area contributed by atoms with Crippen LogP contribution < -0.4 is 4.74 Å². The van der Waals surface area contributed by atoms with Crippen molar-refractivity contribution in [1.29, 1.82) is 0 Å². The molecule has 27 heavy (non-hydrogen) atoms. The normalized spacial score (nSPS) is 18.9. The monoisotopic (exact) mass is 370 g/mol. The minimum atomic E-state index is -1.66. The first kappa shape index (κ1) is 18.8. The maximum Gasteiger partial charge on any atom is 0.325 e. The zero-order valence-electron chi connectivity index (χ0n) is 15.7. The van der Waals surface area contributed by atoms with E-state index in [1.165, 1.54) is 19.2 Å². The molecule has 0 bridgehead atoms. The van der Waals surface area contributed by atoms with E-state index in [9.17, 15) is 19.8 Å². The number of hydrogen-bond acceptors (Lipinski definition) is 6. The van der Waals surface area contributed by atoms with Crippen LogP contribution in [0.25, 0.3) is 0 Å². The lowest BCUT2D eigenvalue weighted by atomic mass is 9.76. The topological polar surface area (TPSA) is 93.1 Å². The van der Waals surface area contributed by atoms with Crippen LogP contribution in [0.2, 0.25) is 0 Å². The molecule has 0 aliphatic heterocycles. The average molecular weight is 370 g/mol. The second-order valence-corrected chi connectivity index (χ2v) is 7.62. The van der Waals surface area contributed by atoms with E-state index in [4.69, 9.17) is 9.47 Å². The maximum atomic E-state index is 13.4. The van der Waals surface area contributed by atoms with Crippen LogP contribution in [0.3, 0.4) is 0 Å². The molecule has 1 unspecified atom stereocenters. The molecule has 0 spiro atoms. The lowest BCUT2D eigenvalue weighted by molar-refractivity contribution is -0.159. The van der Waals surface area contributed by atoms with E-state index >= 15 is 0 Å². The van der Waals surface area contributed by atoms with Crippen molar-refractivity contribution in [2.45, 2.75) is 38.2 Å². The Hall–Kier alpha value is -3.02. The van der Waals surface area contributed by atoms with Crippen LogP contribution in [0, 0.1) is 0 Å². The van der Waals surface area contributed by atoms with Crippen molar-refractivity contribution >= 4 is 11.8 Å². The summed E-state index contributed by atoms with van der Waals surface area (Å²) in [5.74, 6) is -2.07. The Morgan fingerprint density at radius 3 is 2.41 bits per heavy atom. The number of methoxy groups -OCH3 is 1. The first-order valence-corrected chi connectivity index (χ1v) is 8.57. The van der Waals surface area contributed by atoms with E-state index in [0.29, 0.717) is 5.56 Å². The van der Waals surface area contributed by atoms with Gasteiger partial charge in [-0.1, -0.05) is 24.3 Å². The van der Waals surface area contributed by atoms with Crippen LogP contribution in [0.15, 0.2) is 36.4 Å².